The Kier molecular flexibility index (Phi) is 10.6. The van der Waals surface area contributed by atoms with Crippen LogP contribution in [0.3, 0.4) is 0 Å². The Balaban J connectivity index is 1.56. The number of carbonyl (C=O) groups excluding carboxylic acids is 3. The Hall–Kier alpha value is -3.97. The van der Waals surface area contributed by atoms with E-state index in [2.05, 4.69) is 5.32 Å². The maximum Gasteiger partial charge on any atom is 0.307 e. The molecule has 0 aromatic heterocycles. The number of aliphatic carboxylic acids is 1. The molecule has 0 heterocycles. The van der Waals surface area contributed by atoms with Crippen LogP contribution >= 0.6 is 11.6 Å². The van der Waals surface area contributed by atoms with Crippen molar-refractivity contribution in [3.63, 3.8) is 0 Å². The number of halogens is 1. The Labute approximate surface area is 226 Å². The minimum absolute atomic E-state index is 0.0808. The highest BCUT2D eigenvalue weighted by molar-refractivity contribution is 6.30. The number of esters is 1. The summed E-state index contributed by atoms with van der Waals surface area (Å²) in [6.45, 7) is 2.16. The van der Waals surface area contributed by atoms with Crippen LogP contribution in [0.5, 0.6) is 0 Å². The van der Waals surface area contributed by atoms with Crippen LogP contribution in [0, 0.1) is 5.92 Å². The van der Waals surface area contributed by atoms with Gasteiger partial charge in [0.15, 0.2) is 5.78 Å². The molecular formula is C30H30ClNO6. The van der Waals surface area contributed by atoms with Crippen LogP contribution in [0.4, 0.5) is 0 Å². The standard InChI is InChI=1S/C30H30ClNO6/c1-2-38-28(34)16-17-32-29(35)24-5-3-4-20(18-24)6-7-25(30(36)37)19-27(33)23-10-8-21(9-11-23)22-12-14-26(31)15-13-22/h3-5,8-15,18,25H,2,6-7,16-17,19H2,1H3,(H,32,35)(H,36,37). The molecule has 0 aliphatic carbocycles. The second kappa shape index (κ2) is 14.1. The van der Waals surface area contributed by atoms with Crippen molar-refractivity contribution < 1.29 is 29.0 Å². The van der Waals surface area contributed by atoms with Gasteiger partial charge in [0.2, 0.25) is 0 Å². The summed E-state index contributed by atoms with van der Waals surface area (Å²) >= 11 is 5.94. The van der Waals surface area contributed by atoms with Crippen LogP contribution in [-0.2, 0) is 20.7 Å². The van der Waals surface area contributed by atoms with Gasteiger partial charge in [-0.3, -0.25) is 19.2 Å². The fourth-order valence-corrected chi connectivity index (χ4v) is 4.09. The highest BCUT2D eigenvalue weighted by atomic mass is 35.5. The largest absolute Gasteiger partial charge is 0.481 e. The second-order valence-electron chi connectivity index (χ2n) is 8.80. The lowest BCUT2D eigenvalue weighted by atomic mass is 9.91. The zero-order valence-corrected chi connectivity index (χ0v) is 21.9. The van der Waals surface area contributed by atoms with Gasteiger partial charge in [0.05, 0.1) is 18.9 Å². The molecule has 8 heteroatoms. The van der Waals surface area contributed by atoms with Gasteiger partial charge in [-0.05, 0) is 60.7 Å². The molecule has 198 valence electrons. The third-order valence-electron chi connectivity index (χ3n) is 6.06. The van der Waals surface area contributed by atoms with Crippen molar-refractivity contribution in [2.45, 2.75) is 32.6 Å². The lowest BCUT2D eigenvalue weighted by Gasteiger charge is -2.13. The molecule has 7 nitrogen and oxygen atoms in total. The minimum Gasteiger partial charge on any atom is -0.481 e. The summed E-state index contributed by atoms with van der Waals surface area (Å²) in [7, 11) is 0. The molecule has 2 N–H and O–H groups in total. The van der Waals surface area contributed by atoms with Crippen LogP contribution in [0.25, 0.3) is 11.1 Å². The van der Waals surface area contributed by atoms with Gasteiger partial charge in [0.1, 0.15) is 0 Å². The van der Waals surface area contributed by atoms with E-state index in [0.29, 0.717) is 22.6 Å². The lowest BCUT2D eigenvalue weighted by molar-refractivity contribution is -0.143. The number of rotatable bonds is 13. The first kappa shape index (κ1) is 28.6. The highest BCUT2D eigenvalue weighted by Crippen LogP contribution is 2.23. The van der Waals surface area contributed by atoms with E-state index < -0.39 is 11.9 Å². The molecule has 3 rings (SSSR count). The number of ether oxygens (including phenoxy) is 1. The van der Waals surface area contributed by atoms with Crippen LogP contribution in [-0.4, -0.2) is 41.9 Å². The highest BCUT2D eigenvalue weighted by Gasteiger charge is 2.22. The number of carboxylic acid groups (broad SMARTS) is 1. The summed E-state index contributed by atoms with van der Waals surface area (Å²) in [4.78, 5) is 48.5. The average Bonchev–Trinajstić information content (AvgIpc) is 2.91. The topological polar surface area (TPSA) is 110 Å². The first-order valence-corrected chi connectivity index (χ1v) is 12.8. The van der Waals surface area contributed by atoms with E-state index in [1.807, 2.05) is 30.3 Å². The third-order valence-corrected chi connectivity index (χ3v) is 6.31. The predicted octanol–water partition coefficient (Wildman–Crippen LogP) is 5.60. The number of carboxylic acids is 1. The normalized spacial score (nSPS) is 11.4. The van der Waals surface area contributed by atoms with Crippen molar-refractivity contribution in [3.05, 3.63) is 94.5 Å². The molecule has 0 saturated heterocycles. The van der Waals surface area contributed by atoms with E-state index in [1.54, 1.807) is 49.4 Å². The number of carbonyl (C=O) groups is 4. The second-order valence-corrected chi connectivity index (χ2v) is 9.23. The molecule has 38 heavy (non-hydrogen) atoms. The molecule has 0 fully saturated rings. The molecule has 0 bridgehead atoms. The van der Waals surface area contributed by atoms with Crippen LogP contribution in [0.15, 0.2) is 72.8 Å². The summed E-state index contributed by atoms with van der Waals surface area (Å²) in [5.74, 6) is -2.85. The number of hydrogen-bond donors (Lipinski definition) is 2. The zero-order chi connectivity index (χ0) is 27.5. The average molecular weight is 536 g/mol. The van der Waals surface area contributed by atoms with Crippen molar-refractivity contribution >= 4 is 35.2 Å². The Morgan fingerprint density at radius 3 is 2.21 bits per heavy atom. The van der Waals surface area contributed by atoms with Crippen molar-refractivity contribution in [2.24, 2.45) is 5.92 Å². The van der Waals surface area contributed by atoms with Crippen LogP contribution in [0.1, 0.15) is 52.5 Å². The molecule has 3 aromatic carbocycles. The first-order chi connectivity index (χ1) is 18.3. The summed E-state index contributed by atoms with van der Waals surface area (Å²) in [5.41, 5.74) is 3.55. The first-order valence-electron chi connectivity index (χ1n) is 12.4. The minimum atomic E-state index is -1.04. The van der Waals surface area contributed by atoms with Gasteiger partial charge in [-0.15, -0.1) is 0 Å². The fourth-order valence-electron chi connectivity index (χ4n) is 3.97. The van der Waals surface area contributed by atoms with Crippen LogP contribution in [0.2, 0.25) is 5.02 Å². The molecule has 0 spiro atoms. The van der Waals surface area contributed by atoms with Crippen LogP contribution < -0.4 is 5.32 Å². The van der Waals surface area contributed by atoms with E-state index >= 15 is 0 Å². The van der Waals surface area contributed by atoms with Crippen molar-refractivity contribution in [3.8, 4) is 11.1 Å². The quantitative estimate of drug-likeness (QED) is 0.218. The lowest BCUT2D eigenvalue weighted by Crippen LogP contribution is -2.26. The van der Waals surface area contributed by atoms with Gasteiger partial charge in [-0.1, -0.05) is 60.1 Å². The summed E-state index contributed by atoms with van der Waals surface area (Å²) in [6, 6.07) is 21.3. The van der Waals surface area contributed by atoms with Crippen molar-refractivity contribution in [1.29, 1.82) is 0 Å². The smallest absolute Gasteiger partial charge is 0.307 e. The number of ketones is 1. The molecule has 1 unspecified atom stereocenters. The van der Waals surface area contributed by atoms with Gasteiger partial charge >= 0.3 is 11.9 Å². The number of amides is 1. The van der Waals surface area contributed by atoms with E-state index in [-0.39, 0.29) is 50.1 Å². The molecule has 3 aromatic rings. The molecule has 0 aliphatic heterocycles. The molecule has 0 radical (unpaired) electrons. The number of nitrogens with one attached hydrogen (secondary N) is 1. The number of Topliss-reactive ketones (excluding diaryl/α,β-unsaturated/α-hetero) is 1. The molecule has 1 amide bonds. The Morgan fingerprint density at radius 1 is 0.921 bits per heavy atom. The Bertz CT molecular complexity index is 1270. The van der Waals surface area contributed by atoms with Crippen molar-refractivity contribution in [2.75, 3.05) is 13.2 Å². The van der Waals surface area contributed by atoms with Gasteiger partial charge < -0.3 is 15.2 Å². The van der Waals surface area contributed by atoms with E-state index in [4.69, 9.17) is 16.3 Å². The van der Waals surface area contributed by atoms with E-state index in [0.717, 1.165) is 16.7 Å². The maximum atomic E-state index is 12.8. The van der Waals surface area contributed by atoms with E-state index in [1.165, 1.54) is 0 Å². The summed E-state index contributed by atoms with van der Waals surface area (Å²) in [5, 5.41) is 13.0. The third kappa shape index (κ3) is 8.56. The molecular weight excluding hydrogens is 506 g/mol. The number of benzene rings is 3. The molecule has 0 aliphatic rings. The number of aryl methyl sites for hydroxylation is 1. The molecule has 1 atom stereocenters. The van der Waals surface area contributed by atoms with Gasteiger partial charge in [0, 0.05) is 29.1 Å². The van der Waals surface area contributed by atoms with Crippen molar-refractivity contribution in [1.82, 2.24) is 5.32 Å². The predicted molar refractivity (Wildman–Crippen MR) is 145 cm³/mol. The monoisotopic (exact) mass is 535 g/mol. The summed E-state index contributed by atoms with van der Waals surface area (Å²) in [6.07, 6.45) is 0.600. The summed E-state index contributed by atoms with van der Waals surface area (Å²) < 4.78 is 4.84. The zero-order valence-electron chi connectivity index (χ0n) is 21.1. The van der Waals surface area contributed by atoms with Gasteiger partial charge in [-0.2, -0.15) is 0 Å². The van der Waals surface area contributed by atoms with E-state index in [9.17, 15) is 24.3 Å². The molecule has 0 saturated carbocycles. The van der Waals surface area contributed by atoms with Gasteiger partial charge in [0.25, 0.3) is 5.91 Å². The number of hydrogen-bond acceptors (Lipinski definition) is 5. The van der Waals surface area contributed by atoms with Gasteiger partial charge in [-0.25, -0.2) is 0 Å². The maximum absolute atomic E-state index is 12.8. The SMILES string of the molecule is CCOC(=O)CCNC(=O)c1cccc(CCC(CC(=O)c2ccc(-c3ccc(Cl)cc3)cc2)C(=O)O)c1. The Morgan fingerprint density at radius 2 is 1.58 bits per heavy atom. The fraction of sp³-hybridized carbons (Fsp3) is 0.267.